The van der Waals surface area contributed by atoms with Crippen molar-refractivity contribution < 1.29 is 4.79 Å². The third-order valence-corrected chi connectivity index (χ3v) is 8.16. The molecule has 25 heavy (non-hydrogen) atoms. The van der Waals surface area contributed by atoms with Gasteiger partial charge in [-0.1, -0.05) is 0 Å². The Bertz CT molecular complexity index is 630. The first-order valence-electron chi connectivity index (χ1n) is 10.3. The number of hydrogen-bond acceptors (Lipinski definition) is 4. The minimum absolute atomic E-state index is 0.336. The quantitative estimate of drug-likeness (QED) is 0.902. The Kier molecular flexibility index (Phi) is 4.33. The second-order valence-corrected chi connectivity index (χ2v) is 9.61. The molecule has 2 aliphatic heterocycles. The van der Waals surface area contributed by atoms with Crippen molar-refractivity contribution in [2.24, 2.45) is 17.8 Å². The van der Waals surface area contributed by atoms with Gasteiger partial charge in [-0.25, -0.2) is 4.98 Å². The van der Waals surface area contributed by atoms with Gasteiger partial charge < -0.3 is 10.2 Å². The van der Waals surface area contributed by atoms with Gasteiger partial charge in [0.25, 0.3) is 0 Å². The number of aryl methyl sites for hydroxylation is 2. The van der Waals surface area contributed by atoms with E-state index in [1.165, 1.54) is 54.1 Å². The molecule has 1 aromatic heterocycles. The Labute approximate surface area is 154 Å². The van der Waals surface area contributed by atoms with Gasteiger partial charge in [-0.3, -0.25) is 4.79 Å². The van der Waals surface area contributed by atoms with Gasteiger partial charge in [-0.05, 0) is 76.3 Å². The van der Waals surface area contributed by atoms with Crippen LogP contribution in [0.5, 0.6) is 0 Å². The lowest BCUT2D eigenvalue weighted by atomic mass is 9.91. The molecule has 136 valence electrons. The summed E-state index contributed by atoms with van der Waals surface area (Å²) in [7, 11) is 0. The number of nitrogens with zero attached hydrogens (tertiary/aromatic N) is 2. The maximum atomic E-state index is 13.0. The van der Waals surface area contributed by atoms with Gasteiger partial charge in [-0.15, -0.1) is 11.3 Å². The van der Waals surface area contributed by atoms with Gasteiger partial charge in [-0.2, -0.15) is 0 Å². The number of carbonyl (C=O) groups excluding carboxylic acids is 1. The molecule has 1 saturated carbocycles. The van der Waals surface area contributed by atoms with E-state index in [2.05, 4.69) is 10.2 Å². The van der Waals surface area contributed by atoms with Crippen molar-refractivity contribution >= 4 is 17.2 Å². The smallest absolute Gasteiger partial charge is 0.226 e. The van der Waals surface area contributed by atoms with E-state index in [1.54, 1.807) is 0 Å². The average Bonchev–Trinajstić information content (AvgIpc) is 3.17. The fraction of sp³-hybridized carbons (Fsp3) is 0.800. The van der Waals surface area contributed by atoms with Crippen molar-refractivity contribution in [2.45, 2.75) is 57.3 Å². The Morgan fingerprint density at radius 3 is 2.88 bits per heavy atom. The number of aromatic nitrogens is 1. The largest absolute Gasteiger partial charge is 0.342 e. The predicted octanol–water partition coefficient (Wildman–Crippen LogP) is 2.97. The van der Waals surface area contributed by atoms with Crippen molar-refractivity contribution in [3.63, 3.8) is 0 Å². The summed E-state index contributed by atoms with van der Waals surface area (Å²) in [6.07, 6.45) is 9.71. The lowest BCUT2D eigenvalue weighted by Crippen LogP contribution is -2.40. The maximum absolute atomic E-state index is 13.0. The zero-order valence-corrected chi connectivity index (χ0v) is 15.8. The zero-order chi connectivity index (χ0) is 16.8. The first-order chi connectivity index (χ1) is 12.3. The topological polar surface area (TPSA) is 45.2 Å². The zero-order valence-electron chi connectivity index (χ0n) is 15.0. The summed E-state index contributed by atoms with van der Waals surface area (Å²) in [6, 6.07) is 0. The molecule has 1 aromatic rings. The highest BCUT2D eigenvalue weighted by Gasteiger charge is 2.49. The first kappa shape index (κ1) is 16.2. The molecule has 1 N–H and O–H groups in total. The van der Waals surface area contributed by atoms with Crippen LogP contribution in [0.3, 0.4) is 0 Å². The highest BCUT2D eigenvalue weighted by Crippen LogP contribution is 2.49. The van der Waals surface area contributed by atoms with Crippen LogP contribution in [0.2, 0.25) is 0 Å². The molecule has 3 atom stereocenters. The molecule has 3 heterocycles. The molecular formula is C20H29N3OS. The van der Waals surface area contributed by atoms with Crippen LogP contribution in [0.25, 0.3) is 0 Å². The summed E-state index contributed by atoms with van der Waals surface area (Å²) in [6.45, 7) is 4.17. The van der Waals surface area contributed by atoms with Crippen molar-refractivity contribution in [3.05, 3.63) is 15.6 Å². The number of thiazole rings is 1. The fourth-order valence-electron chi connectivity index (χ4n) is 5.29. The standard InChI is InChI=1S/C20H29N3OS/c24-20(16-11-15(16)13-6-8-21-9-7-13)23-10-2-3-14(12-23)19-22-17-4-1-5-18(17)25-19/h13-16,21H,1-12H2/t14?,15-,16+/m0/s1. The van der Waals surface area contributed by atoms with E-state index in [0.717, 1.165) is 44.9 Å². The van der Waals surface area contributed by atoms with Crippen LogP contribution in [0.15, 0.2) is 0 Å². The van der Waals surface area contributed by atoms with Gasteiger partial charge in [0.15, 0.2) is 0 Å². The molecule has 0 spiro atoms. The van der Waals surface area contributed by atoms with E-state index in [0.29, 0.717) is 23.7 Å². The van der Waals surface area contributed by atoms with Crippen LogP contribution in [-0.4, -0.2) is 42.0 Å². The monoisotopic (exact) mass is 359 g/mol. The summed E-state index contributed by atoms with van der Waals surface area (Å²) < 4.78 is 0. The van der Waals surface area contributed by atoms with Gasteiger partial charge >= 0.3 is 0 Å². The van der Waals surface area contributed by atoms with Crippen molar-refractivity contribution in [1.82, 2.24) is 15.2 Å². The third-order valence-electron chi connectivity index (χ3n) is 6.84. The first-order valence-corrected chi connectivity index (χ1v) is 11.1. The predicted molar refractivity (Wildman–Crippen MR) is 99.9 cm³/mol. The van der Waals surface area contributed by atoms with Gasteiger partial charge in [0.1, 0.15) is 0 Å². The normalized spacial score (nSPS) is 32.6. The van der Waals surface area contributed by atoms with Crippen molar-refractivity contribution in [3.8, 4) is 0 Å². The summed E-state index contributed by atoms with van der Waals surface area (Å²) in [5.41, 5.74) is 1.36. The number of amides is 1. The molecule has 5 rings (SSSR count). The summed E-state index contributed by atoms with van der Waals surface area (Å²) >= 11 is 1.93. The van der Waals surface area contributed by atoms with Crippen LogP contribution in [0.4, 0.5) is 0 Å². The van der Waals surface area contributed by atoms with Gasteiger partial charge in [0, 0.05) is 29.8 Å². The van der Waals surface area contributed by atoms with E-state index >= 15 is 0 Å². The number of carbonyl (C=O) groups is 1. The summed E-state index contributed by atoms with van der Waals surface area (Å²) in [5.74, 6) is 2.75. The molecule has 0 bridgehead atoms. The van der Waals surface area contributed by atoms with Crippen molar-refractivity contribution in [2.75, 3.05) is 26.2 Å². The van der Waals surface area contributed by atoms with Crippen LogP contribution in [0, 0.1) is 17.8 Å². The number of rotatable bonds is 3. The van der Waals surface area contributed by atoms with E-state index in [-0.39, 0.29) is 0 Å². The molecule has 0 radical (unpaired) electrons. The van der Waals surface area contributed by atoms with E-state index in [4.69, 9.17) is 4.98 Å². The number of piperidine rings is 2. The lowest BCUT2D eigenvalue weighted by Gasteiger charge is -2.32. The van der Waals surface area contributed by atoms with E-state index < -0.39 is 0 Å². The van der Waals surface area contributed by atoms with Crippen LogP contribution < -0.4 is 5.32 Å². The van der Waals surface area contributed by atoms with E-state index in [1.807, 2.05) is 11.3 Å². The number of likely N-dealkylation sites (tertiary alicyclic amines) is 1. The van der Waals surface area contributed by atoms with Crippen LogP contribution >= 0.6 is 11.3 Å². The molecule has 4 aliphatic rings. The Morgan fingerprint density at radius 2 is 2.04 bits per heavy atom. The Hall–Kier alpha value is -0.940. The fourth-order valence-corrected chi connectivity index (χ4v) is 6.57. The summed E-state index contributed by atoms with van der Waals surface area (Å²) in [5, 5.41) is 4.76. The molecule has 2 saturated heterocycles. The molecule has 0 aromatic carbocycles. The SMILES string of the molecule is O=C([C@@H]1C[C@H]1C1CCNCC1)N1CCCC(c2nc3c(s2)CCC3)C1. The lowest BCUT2D eigenvalue weighted by molar-refractivity contribution is -0.134. The van der Waals surface area contributed by atoms with Crippen LogP contribution in [0.1, 0.15) is 60.0 Å². The highest BCUT2D eigenvalue weighted by atomic mass is 32.1. The molecule has 5 heteroatoms. The second kappa shape index (κ2) is 6.66. The van der Waals surface area contributed by atoms with Gasteiger partial charge in [0.2, 0.25) is 5.91 Å². The molecule has 1 amide bonds. The molecule has 1 unspecified atom stereocenters. The summed E-state index contributed by atoms with van der Waals surface area (Å²) in [4.78, 5) is 21.7. The van der Waals surface area contributed by atoms with Crippen molar-refractivity contribution in [1.29, 1.82) is 0 Å². The Morgan fingerprint density at radius 1 is 1.16 bits per heavy atom. The average molecular weight is 360 g/mol. The molecule has 2 aliphatic carbocycles. The molecular weight excluding hydrogens is 330 g/mol. The van der Waals surface area contributed by atoms with E-state index in [9.17, 15) is 4.79 Å². The molecule has 4 nitrogen and oxygen atoms in total. The van der Waals surface area contributed by atoms with Gasteiger partial charge in [0.05, 0.1) is 10.7 Å². The minimum Gasteiger partial charge on any atom is -0.342 e. The molecule has 3 fully saturated rings. The highest BCUT2D eigenvalue weighted by molar-refractivity contribution is 7.11. The third kappa shape index (κ3) is 3.14. The number of fused-ring (bicyclic) bond motifs is 1. The Balaban J connectivity index is 1.21. The minimum atomic E-state index is 0.336. The van der Waals surface area contributed by atoms with Crippen LogP contribution in [-0.2, 0) is 17.6 Å². The second-order valence-electron chi connectivity index (χ2n) is 8.49. The maximum Gasteiger partial charge on any atom is 0.226 e. The number of nitrogens with one attached hydrogen (secondary N) is 1. The number of hydrogen-bond donors (Lipinski definition) is 1.